The summed E-state index contributed by atoms with van der Waals surface area (Å²) < 4.78 is 5.43. The molecule has 2 fully saturated rings. The highest BCUT2D eigenvalue weighted by Crippen LogP contribution is 2.28. The summed E-state index contributed by atoms with van der Waals surface area (Å²) in [7, 11) is 0. The van der Waals surface area contributed by atoms with Crippen LogP contribution in [0.1, 0.15) is 42.9 Å². The average molecular weight is 408 g/mol. The molecule has 2 unspecified atom stereocenters. The lowest BCUT2D eigenvalue weighted by Crippen LogP contribution is -2.51. The number of aliphatic hydroxyl groups is 1. The molecular formula is C24H28N2O4. The van der Waals surface area contributed by atoms with Crippen LogP contribution in [0.2, 0.25) is 0 Å². The quantitative estimate of drug-likeness (QED) is 0.769. The van der Waals surface area contributed by atoms with Crippen LogP contribution in [0.15, 0.2) is 54.6 Å². The molecule has 6 heteroatoms. The number of carbonyl (C=O) groups excluding carboxylic acids is 2. The Morgan fingerprint density at radius 1 is 1.10 bits per heavy atom. The summed E-state index contributed by atoms with van der Waals surface area (Å²) in [6.45, 7) is 0.738. The molecule has 1 heterocycles. The van der Waals surface area contributed by atoms with Crippen LogP contribution >= 0.6 is 0 Å². The van der Waals surface area contributed by atoms with Gasteiger partial charge in [0.05, 0.1) is 12.6 Å². The molecule has 2 aromatic carbocycles. The van der Waals surface area contributed by atoms with Crippen molar-refractivity contribution in [2.24, 2.45) is 5.92 Å². The minimum absolute atomic E-state index is 0.0300. The molecule has 6 nitrogen and oxygen atoms in total. The Bertz CT molecular complexity index is 863. The minimum atomic E-state index is -0.877. The fourth-order valence-electron chi connectivity index (χ4n) is 4.29. The van der Waals surface area contributed by atoms with E-state index in [-0.39, 0.29) is 30.9 Å². The normalized spacial score (nSPS) is 20.9. The summed E-state index contributed by atoms with van der Waals surface area (Å²) in [5, 5.41) is 14.0. The first kappa shape index (κ1) is 20.6. The summed E-state index contributed by atoms with van der Waals surface area (Å²) in [4.78, 5) is 26.5. The topological polar surface area (TPSA) is 78.9 Å². The van der Waals surface area contributed by atoms with Crippen molar-refractivity contribution in [2.75, 3.05) is 18.5 Å². The average Bonchev–Trinajstić information content (AvgIpc) is 3.31. The maximum absolute atomic E-state index is 12.5. The molecular weight excluding hydrogens is 380 g/mol. The van der Waals surface area contributed by atoms with Crippen molar-refractivity contribution < 1.29 is 19.4 Å². The van der Waals surface area contributed by atoms with Gasteiger partial charge in [-0.05, 0) is 36.1 Å². The number of aliphatic hydroxyl groups excluding tert-OH is 1. The van der Waals surface area contributed by atoms with Crippen LogP contribution in [0.4, 0.5) is 5.69 Å². The van der Waals surface area contributed by atoms with Gasteiger partial charge in [-0.1, -0.05) is 55.3 Å². The molecule has 0 bridgehead atoms. The summed E-state index contributed by atoms with van der Waals surface area (Å²) in [5.74, 6) is 0.0444. The van der Waals surface area contributed by atoms with Gasteiger partial charge in [-0.2, -0.15) is 0 Å². The van der Waals surface area contributed by atoms with Crippen molar-refractivity contribution in [1.82, 2.24) is 4.90 Å². The van der Waals surface area contributed by atoms with E-state index in [1.165, 1.54) is 0 Å². The highest BCUT2D eigenvalue weighted by atomic mass is 16.5. The van der Waals surface area contributed by atoms with E-state index in [9.17, 15) is 14.7 Å². The van der Waals surface area contributed by atoms with E-state index < -0.39 is 12.1 Å². The molecule has 2 amide bonds. The second-order valence-electron chi connectivity index (χ2n) is 8.13. The van der Waals surface area contributed by atoms with Crippen molar-refractivity contribution in [2.45, 2.75) is 44.4 Å². The fourth-order valence-corrected chi connectivity index (χ4v) is 4.29. The molecule has 2 aliphatic rings. The molecule has 2 atom stereocenters. The largest absolute Gasteiger partial charge is 0.386 e. The van der Waals surface area contributed by atoms with Crippen LogP contribution in [0.5, 0.6) is 0 Å². The van der Waals surface area contributed by atoms with Crippen LogP contribution < -0.4 is 5.32 Å². The van der Waals surface area contributed by atoms with Crippen LogP contribution in [0, 0.1) is 5.92 Å². The summed E-state index contributed by atoms with van der Waals surface area (Å²) >= 11 is 0. The summed E-state index contributed by atoms with van der Waals surface area (Å²) in [6.07, 6.45) is 3.26. The number of rotatable bonds is 6. The van der Waals surface area contributed by atoms with E-state index in [1.807, 2.05) is 30.3 Å². The number of morpholine rings is 1. The zero-order valence-corrected chi connectivity index (χ0v) is 17.0. The molecule has 0 radical (unpaired) electrons. The Hall–Kier alpha value is -2.70. The number of nitrogens with one attached hydrogen (secondary N) is 1. The third-order valence-electron chi connectivity index (χ3n) is 6.04. The maximum Gasteiger partial charge on any atom is 0.249 e. The van der Waals surface area contributed by atoms with Crippen molar-refractivity contribution in [3.63, 3.8) is 0 Å². The second-order valence-corrected chi connectivity index (χ2v) is 8.13. The van der Waals surface area contributed by atoms with Crippen LogP contribution in [0.25, 0.3) is 0 Å². The highest BCUT2D eigenvalue weighted by Gasteiger charge is 2.34. The molecule has 30 heavy (non-hydrogen) atoms. The molecule has 1 aliphatic carbocycles. The SMILES string of the molecule is O=C(Nc1ccc(C(O)C2COCC(=O)N2Cc2ccccc2)cc1)C1CCCC1. The Morgan fingerprint density at radius 2 is 1.80 bits per heavy atom. The van der Waals surface area contributed by atoms with Crippen molar-refractivity contribution in [1.29, 1.82) is 0 Å². The molecule has 1 aliphatic heterocycles. The number of anilines is 1. The molecule has 2 aromatic rings. The first-order valence-electron chi connectivity index (χ1n) is 10.6. The van der Waals surface area contributed by atoms with Gasteiger partial charge in [-0.3, -0.25) is 9.59 Å². The van der Waals surface area contributed by atoms with E-state index in [1.54, 1.807) is 29.2 Å². The predicted molar refractivity (Wildman–Crippen MR) is 114 cm³/mol. The van der Waals surface area contributed by atoms with Crippen LogP contribution in [0.3, 0.4) is 0 Å². The number of nitrogens with zero attached hydrogens (tertiary/aromatic N) is 1. The van der Waals surface area contributed by atoms with Gasteiger partial charge in [-0.15, -0.1) is 0 Å². The van der Waals surface area contributed by atoms with E-state index >= 15 is 0 Å². The lowest BCUT2D eigenvalue weighted by atomic mass is 9.99. The summed E-state index contributed by atoms with van der Waals surface area (Å²) in [6, 6.07) is 16.5. The van der Waals surface area contributed by atoms with Gasteiger partial charge in [0.15, 0.2) is 0 Å². The maximum atomic E-state index is 12.5. The lowest BCUT2D eigenvalue weighted by molar-refractivity contribution is -0.155. The van der Waals surface area contributed by atoms with E-state index in [4.69, 9.17) is 4.74 Å². The smallest absolute Gasteiger partial charge is 0.249 e. The molecule has 0 spiro atoms. The molecule has 2 N–H and O–H groups in total. The number of amides is 2. The standard InChI is InChI=1S/C24H28N2O4/c27-22-16-30-15-21(26(22)14-17-6-2-1-3-7-17)23(28)18-10-12-20(13-11-18)25-24(29)19-8-4-5-9-19/h1-3,6-7,10-13,19,21,23,28H,4-5,8-9,14-16H2,(H,25,29). The van der Waals surface area contributed by atoms with Gasteiger partial charge in [0.1, 0.15) is 12.7 Å². The highest BCUT2D eigenvalue weighted by molar-refractivity contribution is 5.92. The number of carbonyl (C=O) groups is 2. The zero-order chi connectivity index (χ0) is 20.9. The van der Waals surface area contributed by atoms with Crippen molar-refractivity contribution in [3.05, 3.63) is 65.7 Å². The first-order valence-corrected chi connectivity index (χ1v) is 10.6. The van der Waals surface area contributed by atoms with Crippen LogP contribution in [-0.2, 0) is 20.9 Å². The molecule has 158 valence electrons. The van der Waals surface area contributed by atoms with Crippen molar-refractivity contribution >= 4 is 17.5 Å². The monoisotopic (exact) mass is 408 g/mol. The van der Waals surface area contributed by atoms with Crippen molar-refractivity contribution in [3.8, 4) is 0 Å². The predicted octanol–water partition coefficient (Wildman–Crippen LogP) is 3.28. The van der Waals surface area contributed by atoms with Gasteiger partial charge in [0.2, 0.25) is 11.8 Å². The third kappa shape index (κ3) is 4.71. The van der Waals surface area contributed by atoms with Gasteiger partial charge in [0.25, 0.3) is 0 Å². The first-order chi connectivity index (χ1) is 14.6. The van der Waals surface area contributed by atoms with Gasteiger partial charge in [-0.25, -0.2) is 0 Å². The summed E-state index contributed by atoms with van der Waals surface area (Å²) in [5.41, 5.74) is 2.42. The third-order valence-corrected chi connectivity index (χ3v) is 6.04. The Kier molecular flexibility index (Phi) is 6.45. The van der Waals surface area contributed by atoms with E-state index in [0.29, 0.717) is 12.1 Å². The van der Waals surface area contributed by atoms with E-state index in [2.05, 4.69) is 5.32 Å². The fraction of sp³-hybridized carbons (Fsp3) is 0.417. The number of benzene rings is 2. The second kappa shape index (κ2) is 9.41. The molecule has 1 saturated heterocycles. The Balaban J connectivity index is 1.44. The van der Waals surface area contributed by atoms with Gasteiger partial charge in [0, 0.05) is 18.2 Å². The zero-order valence-electron chi connectivity index (χ0n) is 17.0. The number of ether oxygens (including phenoxy) is 1. The molecule has 0 aromatic heterocycles. The molecule has 4 rings (SSSR count). The lowest BCUT2D eigenvalue weighted by Gasteiger charge is -2.38. The number of hydrogen-bond acceptors (Lipinski definition) is 4. The van der Waals surface area contributed by atoms with Crippen LogP contribution in [-0.4, -0.2) is 41.1 Å². The van der Waals surface area contributed by atoms with Gasteiger partial charge < -0.3 is 20.1 Å². The molecule has 1 saturated carbocycles. The van der Waals surface area contributed by atoms with Gasteiger partial charge >= 0.3 is 0 Å². The minimum Gasteiger partial charge on any atom is -0.386 e. The number of hydrogen-bond donors (Lipinski definition) is 2. The Labute approximate surface area is 176 Å². The van der Waals surface area contributed by atoms with E-state index in [0.717, 1.165) is 36.9 Å². The Morgan fingerprint density at radius 3 is 2.50 bits per heavy atom.